The van der Waals surface area contributed by atoms with E-state index in [1.807, 2.05) is 12.1 Å². The molecular formula is C22H23FN2O3. The number of hydrogen-bond donors (Lipinski definition) is 1. The van der Waals surface area contributed by atoms with Crippen LogP contribution in [0.2, 0.25) is 0 Å². The quantitative estimate of drug-likeness (QED) is 0.797. The van der Waals surface area contributed by atoms with Crippen LogP contribution in [0.1, 0.15) is 52.0 Å². The summed E-state index contributed by atoms with van der Waals surface area (Å²) in [5.74, 6) is -0.404. The number of amides is 2. The van der Waals surface area contributed by atoms with Crippen molar-refractivity contribution in [3.63, 3.8) is 0 Å². The summed E-state index contributed by atoms with van der Waals surface area (Å²) in [6, 6.07) is 11.7. The van der Waals surface area contributed by atoms with E-state index in [1.165, 1.54) is 25.3 Å². The Morgan fingerprint density at radius 2 is 1.82 bits per heavy atom. The van der Waals surface area contributed by atoms with E-state index in [0.717, 1.165) is 31.2 Å². The average Bonchev–Trinajstić information content (AvgIpc) is 3.60. The standard InChI is InChI=1S/C22H23FN2O3/c1-28-20-11-6-16(23)12-19(20)22(27)25(18-9-10-18)13-14-2-4-15(5-3-14)21(26)24-17-7-8-17/h2-6,11-12,17-18H,7-10,13H2,1H3,(H,24,26). The molecule has 146 valence electrons. The van der Waals surface area contributed by atoms with E-state index < -0.39 is 5.82 Å². The summed E-state index contributed by atoms with van der Waals surface area (Å²) in [6.45, 7) is 0.410. The van der Waals surface area contributed by atoms with Gasteiger partial charge in [0.05, 0.1) is 12.7 Å². The number of carbonyl (C=O) groups excluding carboxylic acids is 2. The van der Waals surface area contributed by atoms with Crippen LogP contribution in [-0.4, -0.2) is 35.9 Å². The van der Waals surface area contributed by atoms with Gasteiger partial charge in [0, 0.05) is 24.2 Å². The van der Waals surface area contributed by atoms with Crippen LogP contribution in [0.25, 0.3) is 0 Å². The molecule has 0 unspecified atom stereocenters. The van der Waals surface area contributed by atoms with Crippen LogP contribution < -0.4 is 10.1 Å². The molecule has 2 aromatic rings. The Kier molecular flexibility index (Phi) is 5.03. The molecule has 0 atom stereocenters. The molecule has 4 rings (SSSR count). The van der Waals surface area contributed by atoms with Crippen LogP contribution in [-0.2, 0) is 6.54 Å². The molecule has 2 aliphatic carbocycles. The van der Waals surface area contributed by atoms with Gasteiger partial charge in [-0.2, -0.15) is 0 Å². The Balaban J connectivity index is 1.50. The first-order valence-corrected chi connectivity index (χ1v) is 9.59. The number of hydrogen-bond acceptors (Lipinski definition) is 3. The number of nitrogens with zero attached hydrogens (tertiary/aromatic N) is 1. The van der Waals surface area contributed by atoms with Crippen molar-refractivity contribution in [1.29, 1.82) is 0 Å². The molecule has 0 spiro atoms. The lowest BCUT2D eigenvalue weighted by atomic mass is 10.1. The first-order chi connectivity index (χ1) is 13.5. The second kappa shape index (κ2) is 7.62. The smallest absolute Gasteiger partial charge is 0.258 e. The minimum absolute atomic E-state index is 0.0614. The monoisotopic (exact) mass is 382 g/mol. The van der Waals surface area contributed by atoms with Crippen molar-refractivity contribution in [2.75, 3.05) is 7.11 Å². The molecule has 5 nitrogen and oxygen atoms in total. The van der Waals surface area contributed by atoms with Gasteiger partial charge in [-0.25, -0.2) is 4.39 Å². The van der Waals surface area contributed by atoms with Crippen molar-refractivity contribution in [1.82, 2.24) is 10.2 Å². The Bertz CT molecular complexity index is 889. The Hall–Kier alpha value is -2.89. The van der Waals surface area contributed by atoms with Crippen LogP contribution in [0.5, 0.6) is 5.75 Å². The third-order valence-electron chi connectivity index (χ3n) is 5.12. The lowest BCUT2D eigenvalue weighted by molar-refractivity contribution is 0.0725. The lowest BCUT2D eigenvalue weighted by Gasteiger charge is -2.23. The maximum Gasteiger partial charge on any atom is 0.258 e. The van der Waals surface area contributed by atoms with Gasteiger partial charge in [-0.15, -0.1) is 0 Å². The van der Waals surface area contributed by atoms with E-state index in [9.17, 15) is 14.0 Å². The molecule has 2 aromatic carbocycles. The zero-order valence-electron chi connectivity index (χ0n) is 15.8. The molecule has 0 aliphatic heterocycles. The van der Waals surface area contributed by atoms with Crippen LogP contribution in [0.15, 0.2) is 42.5 Å². The number of ether oxygens (including phenoxy) is 1. The maximum atomic E-state index is 13.7. The van der Waals surface area contributed by atoms with Gasteiger partial charge in [-0.05, 0) is 61.6 Å². The summed E-state index contributed by atoms with van der Waals surface area (Å²) in [5.41, 5.74) is 1.78. The fraction of sp³-hybridized carbons (Fsp3) is 0.364. The molecule has 1 N–H and O–H groups in total. The molecule has 0 saturated heterocycles. The Labute approximate surface area is 163 Å². The third kappa shape index (κ3) is 4.16. The molecule has 2 fully saturated rings. The van der Waals surface area contributed by atoms with Crippen molar-refractivity contribution in [3.8, 4) is 5.75 Å². The summed E-state index contributed by atoms with van der Waals surface area (Å²) in [5, 5.41) is 2.96. The van der Waals surface area contributed by atoms with Gasteiger partial charge in [-0.3, -0.25) is 9.59 Å². The maximum absolute atomic E-state index is 13.7. The number of halogens is 1. The van der Waals surface area contributed by atoms with Crippen LogP contribution >= 0.6 is 0 Å². The summed E-state index contributed by atoms with van der Waals surface area (Å²) in [4.78, 5) is 27.0. The van der Waals surface area contributed by atoms with E-state index in [1.54, 1.807) is 17.0 Å². The van der Waals surface area contributed by atoms with Gasteiger partial charge in [0.25, 0.3) is 11.8 Å². The molecule has 0 heterocycles. The summed E-state index contributed by atoms with van der Waals surface area (Å²) in [6.07, 6.45) is 3.97. The van der Waals surface area contributed by atoms with Crippen molar-refractivity contribution < 1.29 is 18.7 Å². The molecule has 2 saturated carbocycles. The number of carbonyl (C=O) groups is 2. The fourth-order valence-corrected chi connectivity index (χ4v) is 3.21. The van der Waals surface area contributed by atoms with Crippen LogP contribution in [0, 0.1) is 5.82 Å². The number of rotatable bonds is 7. The first-order valence-electron chi connectivity index (χ1n) is 9.59. The minimum atomic E-state index is -0.467. The third-order valence-corrected chi connectivity index (χ3v) is 5.12. The predicted molar refractivity (Wildman–Crippen MR) is 103 cm³/mol. The summed E-state index contributed by atoms with van der Waals surface area (Å²) < 4.78 is 18.9. The van der Waals surface area contributed by atoms with Crippen molar-refractivity contribution in [2.24, 2.45) is 0 Å². The topological polar surface area (TPSA) is 58.6 Å². The SMILES string of the molecule is COc1ccc(F)cc1C(=O)N(Cc1ccc(C(=O)NC2CC2)cc1)C1CC1. The van der Waals surface area contributed by atoms with Gasteiger partial charge in [0.1, 0.15) is 11.6 Å². The highest BCUT2D eigenvalue weighted by atomic mass is 19.1. The predicted octanol–water partition coefficient (Wildman–Crippen LogP) is 3.53. The molecule has 6 heteroatoms. The van der Waals surface area contributed by atoms with E-state index in [2.05, 4.69) is 5.32 Å². The largest absolute Gasteiger partial charge is 0.496 e. The van der Waals surface area contributed by atoms with Crippen molar-refractivity contribution in [3.05, 3.63) is 65.0 Å². The fourth-order valence-electron chi connectivity index (χ4n) is 3.21. The number of nitrogens with one attached hydrogen (secondary N) is 1. The zero-order valence-corrected chi connectivity index (χ0v) is 15.8. The Morgan fingerprint density at radius 3 is 2.43 bits per heavy atom. The van der Waals surface area contributed by atoms with E-state index in [-0.39, 0.29) is 23.4 Å². The molecule has 28 heavy (non-hydrogen) atoms. The number of benzene rings is 2. The van der Waals surface area contributed by atoms with Gasteiger partial charge in [0.2, 0.25) is 0 Å². The van der Waals surface area contributed by atoms with Crippen molar-refractivity contribution >= 4 is 11.8 Å². The Morgan fingerprint density at radius 1 is 1.11 bits per heavy atom. The van der Waals surface area contributed by atoms with E-state index in [0.29, 0.717) is 23.9 Å². The van der Waals surface area contributed by atoms with Gasteiger partial charge < -0.3 is 15.0 Å². The van der Waals surface area contributed by atoms with Crippen molar-refractivity contribution in [2.45, 2.75) is 44.3 Å². The lowest BCUT2D eigenvalue weighted by Crippen LogP contribution is -2.33. The molecule has 0 bridgehead atoms. The average molecular weight is 382 g/mol. The second-order valence-corrected chi connectivity index (χ2v) is 7.45. The molecule has 0 radical (unpaired) electrons. The second-order valence-electron chi connectivity index (χ2n) is 7.45. The number of methoxy groups -OCH3 is 1. The highest BCUT2D eigenvalue weighted by Gasteiger charge is 2.34. The van der Waals surface area contributed by atoms with E-state index >= 15 is 0 Å². The molecule has 2 aliphatic rings. The van der Waals surface area contributed by atoms with Crippen LogP contribution in [0.4, 0.5) is 4.39 Å². The summed E-state index contributed by atoms with van der Waals surface area (Å²) >= 11 is 0. The van der Waals surface area contributed by atoms with Gasteiger partial charge >= 0.3 is 0 Å². The summed E-state index contributed by atoms with van der Waals surface area (Å²) in [7, 11) is 1.47. The van der Waals surface area contributed by atoms with Gasteiger partial charge in [0.15, 0.2) is 0 Å². The van der Waals surface area contributed by atoms with Gasteiger partial charge in [-0.1, -0.05) is 12.1 Å². The highest BCUT2D eigenvalue weighted by molar-refractivity contribution is 5.97. The highest BCUT2D eigenvalue weighted by Crippen LogP contribution is 2.32. The molecular weight excluding hydrogens is 359 g/mol. The normalized spacial score (nSPS) is 15.8. The first kappa shape index (κ1) is 18.5. The molecule has 2 amide bonds. The molecule has 0 aromatic heterocycles. The zero-order chi connectivity index (χ0) is 19.7. The minimum Gasteiger partial charge on any atom is -0.496 e. The van der Waals surface area contributed by atoms with E-state index in [4.69, 9.17) is 4.74 Å². The van der Waals surface area contributed by atoms with Crippen LogP contribution in [0.3, 0.4) is 0 Å².